The third kappa shape index (κ3) is 6.89. The Bertz CT molecular complexity index is 1430. The topological polar surface area (TPSA) is 102 Å². The lowest BCUT2D eigenvalue weighted by molar-refractivity contribution is -0.160. The Balaban J connectivity index is 2.00. The fraction of sp³-hybridized carbons (Fsp3) is 0.531. The minimum atomic E-state index is -3.71. The van der Waals surface area contributed by atoms with Crippen molar-refractivity contribution in [2.24, 2.45) is 0 Å². The van der Waals surface area contributed by atoms with Crippen LogP contribution in [0.15, 0.2) is 47.3 Å². The number of fused-ring (bicyclic) bond motifs is 1. The van der Waals surface area contributed by atoms with E-state index in [1.807, 2.05) is 33.8 Å². The Morgan fingerprint density at radius 2 is 1.93 bits per heavy atom. The third-order valence-electron chi connectivity index (χ3n) is 7.73. The Hall–Kier alpha value is -3.04. The van der Waals surface area contributed by atoms with E-state index in [2.05, 4.69) is 24.3 Å². The van der Waals surface area contributed by atoms with Gasteiger partial charge in [0.25, 0.3) is 0 Å². The number of rotatable bonds is 9. The van der Waals surface area contributed by atoms with Crippen LogP contribution >= 0.6 is 0 Å². The molecule has 8 nitrogen and oxygen atoms in total. The molecular weight excluding hydrogens is 542 g/mol. The molecule has 2 aliphatic carbocycles. The normalized spacial score (nSPS) is 19.8. The Kier molecular flexibility index (Phi) is 9.09. The fourth-order valence-corrected chi connectivity index (χ4v) is 6.37. The van der Waals surface area contributed by atoms with Crippen molar-refractivity contribution in [2.45, 2.75) is 84.3 Å². The lowest BCUT2D eigenvalue weighted by Gasteiger charge is -2.35. The van der Waals surface area contributed by atoms with Crippen molar-refractivity contribution < 1.29 is 32.5 Å². The minimum absolute atomic E-state index is 0.164. The van der Waals surface area contributed by atoms with Crippen LogP contribution in [0.5, 0.6) is 5.75 Å². The number of allylic oxidation sites excluding steroid dienone is 5. The minimum Gasteiger partial charge on any atom is -0.494 e. The first-order chi connectivity index (χ1) is 19.2. The molecule has 1 aliphatic heterocycles. The number of hydrogen-bond acceptors (Lipinski definition) is 6. The van der Waals surface area contributed by atoms with Gasteiger partial charge in [-0.1, -0.05) is 24.3 Å². The number of anilines is 1. The summed E-state index contributed by atoms with van der Waals surface area (Å²) in [5, 5.41) is 10.5. The van der Waals surface area contributed by atoms with Crippen LogP contribution in [0.3, 0.4) is 0 Å². The summed E-state index contributed by atoms with van der Waals surface area (Å²) in [6, 6.07) is 0. The maximum Gasteiger partial charge on any atom is 0.337 e. The second-order valence-corrected chi connectivity index (χ2v) is 14.0. The van der Waals surface area contributed by atoms with E-state index >= 15 is 0 Å². The second-order valence-electron chi connectivity index (χ2n) is 12.0. The van der Waals surface area contributed by atoms with E-state index in [1.165, 1.54) is 11.4 Å². The average molecular weight is 586 g/mol. The molecule has 1 fully saturated rings. The van der Waals surface area contributed by atoms with Crippen LogP contribution in [0.4, 0.5) is 5.69 Å². The van der Waals surface area contributed by atoms with Crippen LogP contribution in [-0.4, -0.2) is 51.6 Å². The molecule has 2 atom stereocenters. The predicted molar refractivity (Wildman–Crippen MR) is 161 cm³/mol. The van der Waals surface area contributed by atoms with E-state index < -0.39 is 27.7 Å². The molecular formula is C32H43NO7S. The molecule has 9 heteroatoms. The third-order valence-corrected chi connectivity index (χ3v) is 8.91. The molecule has 224 valence electrons. The maximum atomic E-state index is 12.9. The van der Waals surface area contributed by atoms with Gasteiger partial charge in [-0.3, -0.25) is 4.31 Å². The fourth-order valence-electron chi connectivity index (χ4n) is 5.82. The van der Waals surface area contributed by atoms with Gasteiger partial charge in [0, 0.05) is 18.5 Å². The zero-order chi connectivity index (χ0) is 30.1. The molecule has 1 aromatic carbocycles. The summed E-state index contributed by atoms with van der Waals surface area (Å²) in [5.74, 6) is 0.0267. The number of ether oxygens (including phenoxy) is 3. The number of carbonyl (C=O) groups is 1. The van der Waals surface area contributed by atoms with E-state index in [4.69, 9.17) is 14.2 Å². The molecule has 0 radical (unpaired) electrons. The first-order valence-electron chi connectivity index (χ1n) is 14.2. The summed E-state index contributed by atoms with van der Waals surface area (Å²) in [7, 11) is -2.24. The molecule has 0 aromatic heterocycles. The molecule has 4 rings (SSSR count). The van der Waals surface area contributed by atoms with Gasteiger partial charge in [0.2, 0.25) is 10.0 Å². The monoisotopic (exact) mass is 585 g/mol. The number of sulfonamides is 1. The van der Waals surface area contributed by atoms with Crippen molar-refractivity contribution in [3.05, 3.63) is 69.5 Å². The van der Waals surface area contributed by atoms with Crippen LogP contribution < -0.4 is 9.04 Å². The molecule has 2 unspecified atom stereocenters. The Morgan fingerprint density at radius 1 is 1.20 bits per heavy atom. The Morgan fingerprint density at radius 3 is 2.54 bits per heavy atom. The van der Waals surface area contributed by atoms with Crippen molar-refractivity contribution >= 4 is 21.7 Å². The van der Waals surface area contributed by atoms with Gasteiger partial charge in [-0.15, -0.1) is 0 Å². The maximum absolute atomic E-state index is 12.9. The standard InChI is InChI=1S/C32H43NO7S/c1-20-27(30(31(34)35)40-32(3,4)5)26(24-15-16-25-23(18-24)14-11-17-38-25)21(2)29(28(20)33(6)41(7,36)37)39-19-22-12-9-8-10-13-22/h9,12-13,16,18,24,30H,8,10-11,14-15,17,19H2,1-7H3,(H,34,35). The molecule has 1 saturated heterocycles. The lowest BCUT2D eigenvalue weighted by atomic mass is 9.79. The summed E-state index contributed by atoms with van der Waals surface area (Å²) in [5.41, 5.74) is 4.15. The number of carboxylic acids is 1. The van der Waals surface area contributed by atoms with Gasteiger partial charge in [0.05, 0.1) is 24.2 Å². The highest BCUT2D eigenvalue weighted by Crippen LogP contribution is 2.49. The van der Waals surface area contributed by atoms with Gasteiger partial charge in [0.1, 0.15) is 18.1 Å². The molecule has 1 heterocycles. The van der Waals surface area contributed by atoms with Gasteiger partial charge in [-0.25, -0.2) is 13.2 Å². The van der Waals surface area contributed by atoms with Crippen LogP contribution in [-0.2, 0) is 24.3 Å². The van der Waals surface area contributed by atoms with E-state index in [9.17, 15) is 18.3 Å². The number of carboxylic acid groups (broad SMARTS) is 1. The highest BCUT2D eigenvalue weighted by molar-refractivity contribution is 7.92. The summed E-state index contributed by atoms with van der Waals surface area (Å²) in [6.07, 6.45) is 14.6. The van der Waals surface area contributed by atoms with Crippen molar-refractivity contribution in [3.8, 4) is 5.75 Å². The van der Waals surface area contributed by atoms with Gasteiger partial charge in [-0.2, -0.15) is 0 Å². The highest BCUT2D eigenvalue weighted by Gasteiger charge is 2.38. The number of aliphatic carboxylic acids is 1. The molecule has 41 heavy (non-hydrogen) atoms. The summed E-state index contributed by atoms with van der Waals surface area (Å²) >= 11 is 0. The highest BCUT2D eigenvalue weighted by atomic mass is 32.2. The molecule has 0 saturated carbocycles. The van der Waals surface area contributed by atoms with E-state index in [1.54, 1.807) is 6.92 Å². The molecule has 1 N–H and O–H groups in total. The average Bonchev–Trinajstić information content (AvgIpc) is 2.90. The molecule has 3 aliphatic rings. The van der Waals surface area contributed by atoms with Crippen LogP contribution in [0.2, 0.25) is 0 Å². The summed E-state index contributed by atoms with van der Waals surface area (Å²) < 4.78 is 45.5. The van der Waals surface area contributed by atoms with E-state index in [0.29, 0.717) is 41.2 Å². The molecule has 0 amide bonds. The van der Waals surface area contributed by atoms with E-state index in [-0.39, 0.29) is 12.5 Å². The van der Waals surface area contributed by atoms with Gasteiger partial charge >= 0.3 is 5.97 Å². The first kappa shape index (κ1) is 30.9. The number of benzene rings is 1. The van der Waals surface area contributed by atoms with Crippen molar-refractivity contribution in [3.63, 3.8) is 0 Å². The number of hydrogen-bond donors (Lipinski definition) is 1. The second kappa shape index (κ2) is 12.1. The SMILES string of the molecule is Cc1c(OCC2=CCCC=C2)c(N(C)S(C)(=O)=O)c(C)c(C(OC(C)(C)C)C(=O)O)c1C1C=C2CCCOC2=CC1. The summed E-state index contributed by atoms with van der Waals surface area (Å²) in [4.78, 5) is 12.8. The van der Waals surface area contributed by atoms with Crippen molar-refractivity contribution in [1.29, 1.82) is 0 Å². The van der Waals surface area contributed by atoms with Crippen molar-refractivity contribution in [2.75, 3.05) is 30.8 Å². The zero-order valence-electron chi connectivity index (χ0n) is 25.2. The van der Waals surface area contributed by atoms with Crippen LogP contribution in [0.25, 0.3) is 0 Å². The summed E-state index contributed by atoms with van der Waals surface area (Å²) in [6.45, 7) is 10.1. The lowest BCUT2D eigenvalue weighted by Crippen LogP contribution is -2.31. The molecule has 0 spiro atoms. The van der Waals surface area contributed by atoms with Gasteiger partial charge in [-0.05, 0) is 101 Å². The van der Waals surface area contributed by atoms with Crippen LogP contribution in [0.1, 0.15) is 87.2 Å². The van der Waals surface area contributed by atoms with Gasteiger partial charge < -0.3 is 19.3 Å². The van der Waals surface area contributed by atoms with E-state index in [0.717, 1.165) is 54.4 Å². The quantitative estimate of drug-likeness (QED) is 0.358. The first-order valence-corrected chi connectivity index (χ1v) is 16.1. The number of nitrogens with zero attached hydrogens (tertiary/aromatic N) is 1. The molecule has 0 bridgehead atoms. The zero-order valence-corrected chi connectivity index (χ0v) is 26.1. The molecule has 1 aromatic rings. The smallest absolute Gasteiger partial charge is 0.337 e. The Labute approximate surface area is 244 Å². The van der Waals surface area contributed by atoms with Crippen LogP contribution in [0, 0.1) is 13.8 Å². The van der Waals surface area contributed by atoms with Gasteiger partial charge in [0.15, 0.2) is 6.10 Å². The predicted octanol–water partition coefficient (Wildman–Crippen LogP) is 6.40. The largest absolute Gasteiger partial charge is 0.494 e. The van der Waals surface area contributed by atoms with Crippen molar-refractivity contribution in [1.82, 2.24) is 0 Å².